The van der Waals surface area contributed by atoms with Crippen LogP contribution in [0.1, 0.15) is 54.3 Å². The Balaban J connectivity index is 1.78. The van der Waals surface area contributed by atoms with Gasteiger partial charge in [-0.15, -0.1) is 11.3 Å². The Hall–Kier alpha value is -2.14. The molecule has 0 saturated carbocycles. The van der Waals surface area contributed by atoms with Crippen molar-refractivity contribution in [3.8, 4) is 0 Å². The van der Waals surface area contributed by atoms with Gasteiger partial charge in [-0.05, 0) is 57.6 Å². The summed E-state index contributed by atoms with van der Waals surface area (Å²) in [6, 6.07) is 8.48. The molecule has 0 atom stereocenters. The topological polar surface area (TPSA) is 46.9 Å². The highest BCUT2D eigenvalue weighted by Gasteiger charge is 2.22. The molecule has 0 radical (unpaired) electrons. The number of aromatic nitrogens is 2. The number of hydrogen-bond donors (Lipinski definition) is 1. The summed E-state index contributed by atoms with van der Waals surface area (Å²) in [6.45, 7) is 6.85. The van der Waals surface area contributed by atoms with Gasteiger partial charge in [-0.2, -0.15) is 0 Å². The fourth-order valence-electron chi connectivity index (χ4n) is 3.82. The first kappa shape index (κ1) is 17.3. The van der Waals surface area contributed by atoms with Crippen molar-refractivity contribution in [3.05, 3.63) is 56.2 Å². The van der Waals surface area contributed by atoms with E-state index < -0.39 is 0 Å². The molecule has 2 aromatic heterocycles. The van der Waals surface area contributed by atoms with Crippen LogP contribution < -0.4 is 10.9 Å². The highest BCUT2D eigenvalue weighted by atomic mass is 32.1. The minimum Gasteiger partial charge on any atom is -0.351 e. The van der Waals surface area contributed by atoms with Gasteiger partial charge in [0.1, 0.15) is 4.83 Å². The molecule has 0 fully saturated rings. The predicted molar refractivity (Wildman–Crippen MR) is 109 cm³/mol. The molecule has 0 saturated heterocycles. The number of benzene rings is 1. The summed E-state index contributed by atoms with van der Waals surface area (Å²) < 4.78 is 1.82. The van der Waals surface area contributed by atoms with Gasteiger partial charge in [-0.1, -0.05) is 29.8 Å². The van der Waals surface area contributed by atoms with E-state index in [1.165, 1.54) is 34.4 Å². The maximum absolute atomic E-state index is 13.3. The molecule has 3 aromatic rings. The van der Waals surface area contributed by atoms with Crippen LogP contribution in [0.4, 0.5) is 5.95 Å². The Morgan fingerprint density at radius 3 is 2.85 bits per heavy atom. The lowest BCUT2D eigenvalue weighted by Crippen LogP contribution is -2.27. The summed E-state index contributed by atoms with van der Waals surface area (Å²) in [4.78, 5) is 20.4. The van der Waals surface area contributed by atoms with Gasteiger partial charge < -0.3 is 5.32 Å². The smallest absolute Gasteiger partial charge is 0.264 e. The Morgan fingerprint density at radius 1 is 1.27 bits per heavy atom. The molecule has 4 nitrogen and oxygen atoms in total. The molecule has 0 unspecified atom stereocenters. The minimum absolute atomic E-state index is 0.0681. The molecular weight excluding hydrogens is 342 g/mol. The molecule has 1 aliphatic rings. The number of fused-ring (bicyclic) bond motifs is 3. The first-order chi connectivity index (χ1) is 12.5. The molecule has 26 heavy (non-hydrogen) atoms. The average molecular weight is 368 g/mol. The average Bonchev–Trinajstić information content (AvgIpc) is 2.98. The molecule has 0 aliphatic heterocycles. The SMILES string of the molecule is Cc1cccc(CNc2nc3sc4c(c3c(=O)n2C(C)C)CCCC4)c1. The predicted octanol–water partition coefficient (Wildman–Crippen LogP) is 4.84. The first-order valence-corrected chi connectivity index (χ1v) is 10.2. The van der Waals surface area contributed by atoms with Gasteiger partial charge in [0.05, 0.1) is 5.39 Å². The number of hydrogen-bond acceptors (Lipinski definition) is 4. The van der Waals surface area contributed by atoms with E-state index in [0.29, 0.717) is 12.5 Å². The van der Waals surface area contributed by atoms with E-state index in [9.17, 15) is 4.79 Å². The van der Waals surface area contributed by atoms with Crippen molar-refractivity contribution in [2.24, 2.45) is 0 Å². The summed E-state index contributed by atoms with van der Waals surface area (Å²) in [7, 11) is 0. The van der Waals surface area contributed by atoms with Crippen LogP contribution in [0.3, 0.4) is 0 Å². The minimum atomic E-state index is 0.0681. The zero-order chi connectivity index (χ0) is 18.3. The Kier molecular flexibility index (Phi) is 4.57. The fraction of sp³-hybridized carbons (Fsp3) is 0.429. The molecule has 2 heterocycles. The van der Waals surface area contributed by atoms with Crippen LogP contribution >= 0.6 is 11.3 Å². The third-order valence-electron chi connectivity index (χ3n) is 5.07. The number of thiophene rings is 1. The number of aryl methyl sites for hydroxylation is 3. The normalized spacial score (nSPS) is 14.0. The molecule has 4 rings (SSSR count). The van der Waals surface area contributed by atoms with Crippen LogP contribution in [-0.4, -0.2) is 9.55 Å². The lowest BCUT2D eigenvalue weighted by molar-refractivity contribution is 0.579. The Morgan fingerprint density at radius 2 is 2.08 bits per heavy atom. The summed E-state index contributed by atoms with van der Waals surface area (Å²) in [5, 5.41) is 4.27. The molecule has 1 aromatic carbocycles. The molecule has 136 valence electrons. The van der Waals surface area contributed by atoms with Crippen LogP contribution in [0.5, 0.6) is 0 Å². The van der Waals surface area contributed by atoms with Gasteiger partial charge in [0, 0.05) is 17.5 Å². The van der Waals surface area contributed by atoms with Gasteiger partial charge in [0.25, 0.3) is 5.56 Å². The molecule has 1 N–H and O–H groups in total. The van der Waals surface area contributed by atoms with E-state index >= 15 is 0 Å². The summed E-state index contributed by atoms with van der Waals surface area (Å²) >= 11 is 1.71. The molecule has 0 amide bonds. The lowest BCUT2D eigenvalue weighted by atomic mass is 9.97. The van der Waals surface area contributed by atoms with Crippen LogP contribution in [0.2, 0.25) is 0 Å². The first-order valence-electron chi connectivity index (χ1n) is 9.41. The van der Waals surface area contributed by atoms with Gasteiger partial charge in [0.2, 0.25) is 5.95 Å². The second-order valence-electron chi connectivity index (χ2n) is 7.44. The molecular formula is C21H25N3OS. The van der Waals surface area contributed by atoms with Crippen molar-refractivity contribution in [2.45, 2.75) is 59.0 Å². The third-order valence-corrected chi connectivity index (χ3v) is 6.26. The van der Waals surface area contributed by atoms with Crippen LogP contribution in [0.15, 0.2) is 29.1 Å². The molecule has 0 bridgehead atoms. The molecule has 1 aliphatic carbocycles. The molecule has 5 heteroatoms. The summed E-state index contributed by atoms with van der Waals surface area (Å²) in [5.74, 6) is 0.678. The number of rotatable bonds is 4. The zero-order valence-corrected chi connectivity index (χ0v) is 16.4. The van der Waals surface area contributed by atoms with Gasteiger partial charge in [-0.3, -0.25) is 9.36 Å². The number of anilines is 1. The quantitative estimate of drug-likeness (QED) is 0.718. The zero-order valence-electron chi connectivity index (χ0n) is 15.6. The van der Waals surface area contributed by atoms with Gasteiger partial charge in [-0.25, -0.2) is 4.98 Å². The maximum Gasteiger partial charge on any atom is 0.264 e. The van der Waals surface area contributed by atoms with Crippen molar-refractivity contribution < 1.29 is 0 Å². The molecule has 0 spiro atoms. The van der Waals surface area contributed by atoms with E-state index in [-0.39, 0.29) is 11.6 Å². The van der Waals surface area contributed by atoms with Crippen LogP contribution in [-0.2, 0) is 19.4 Å². The second-order valence-corrected chi connectivity index (χ2v) is 8.52. The summed E-state index contributed by atoms with van der Waals surface area (Å²) in [5.41, 5.74) is 3.80. The van der Waals surface area contributed by atoms with E-state index in [4.69, 9.17) is 4.98 Å². The van der Waals surface area contributed by atoms with E-state index in [1.54, 1.807) is 11.3 Å². The Labute approximate surface area is 157 Å². The lowest BCUT2D eigenvalue weighted by Gasteiger charge is -2.17. The fourth-order valence-corrected chi connectivity index (χ4v) is 5.08. The van der Waals surface area contributed by atoms with Crippen molar-refractivity contribution in [2.75, 3.05) is 5.32 Å². The standard InChI is InChI=1S/C21H25N3OS/c1-13(2)24-20(25)18-16-9-4-5-10-17(16)26-19(18)23-21(24)22-12-15-8-6-7-14(3)11-15/h6-8,11,13H,4-5,9-10,12H2,1-3H3,(H,22,23). The van der Waals surface area contributed by atoms with Crippen LogP contribution in [0, 0.1) is 6.92 Å². The number of nitrogens with one attached hydrogen (secondary N) is 1. The highest BCUT2D eigenvalue weighted by Crippen LogP contribution is 2.34. The number of nitrogens with zero attached hydrogens (tertiary/aromatic N) is 2. The monoisotopic (exact) mass is 367 g/mol. The third kappa shape index (κ3) is 3.05. The van der Waals surface area contributed by atoms with Gasteiger partial charge >= 0.3 is 0 Å². The van der Waals surface area contributed by atoms with Crippen LogP contribution in [0.25, 0.3) is 10.2 Å². The second kappa shape index (κ2) is 6.88. The van der Waals surface area contributed by atoms with Gasteiger partial charge in [0.15, 0.2) is 0 Å². The van der Waals surface area contributed by atoms with Crippen molar-refractivity contribution in [1.82, 2.24) is 9.55 Å². The largest absolute Gasteiger partial charge is 0.351 e. The van der Waals surface area contributed by atoms with Crippen molar-refractivity contribution >= 4 is 27.5 Å². The maximum atomic E-state index is 13.3. The van der Waals surface area contributed by atoms with Crippen molar-refractivity contribution in [1.29, 1.82) is 0 Å². The van der Waals surface area contributed by atoms with E-state index in [0.717, 1.165) is 23.1 Å². The van der Waals surface area contributed by atoms with E-state index in [2.05, 4.69) is 36.5 Å². The Bertz CT molecular complexity index is 1020. The summed E-state index contributed by atoms with van der Waals surface area (Å²) in [6.07, 6.45) is 4.49. The highest BCUT2D eigenvalue weighted by molar-refractivity contribution is 7.18. The van der Waals surface area contributed by atoms with E-state index in [1.807, 2.05) is 18.4 Å². The van der Waals surface area contributed by atoms with Crippen molar-refractivity contribution in [3.63, 3.8) is 0 Å².